The van der Waals surface area contributed by atoms with Gasteiger partial charge in [-0.05, 0) is 99.2 Å². The van der Waals surface area contributed by atoms with Gasteiger partial charge in [0.15, 0.2) is 0 Å². The normalized spacial score (nSPS) is 12.1. The first-order valence-electron chi connectivity index (χ1n) is 11.1. The van der Waals surface area contributed by atoms with Gasteiger partial charge in [-0.25, -0.2) is 9.97 Å². The van der Waals surface area contributed by atoms with Gasteiger partial charge in [-0.1, -0.05) is 13.8 Å². The summed E-state index contributed by atoms with van der Waals surface area (Å²) >= 11 is 0. The molecule has 2 aromatic carbocycles. The third-order valence-electron chi connectivity index (χ3n) is 6.06. The van der Waals surface area contributed by atoms with E-state index in [4.69, 9.17) is 9.97 Å². The molecule has 0 aliphatic carbocycles. The highest BCUT2D eigenvalue weighted by Crippen LogP contribution is 2.25. The summed E-state index contributed by atoms with van der Waals surface area (Å²) < 4.78 is 4.67. The molecule has 0 atom stereocenters. The quantitative estimate of drug-likeness (QED) is 0.365. The molecule has 0 saturated carbocycles. The highest BCUT2D eigenvalue weighted by Gasteiger charge is 2.12. The molecule has 0 amide bonds. The van der Waals surface area contributed by atoms with E-state index >= 15 is 0 Å². The molecule has 0 unspecified atom stereocenters. The van der Waals surface area contributed by atoms with E-state index in [2.05, 4.69) is 87.1 Å². The maximum absolute atomic E-state index is 4.95. The van der Waals surface area contributed by atoms with E-state index in [1.807, 2.05) is 0 Å². The van der Waals surface area contributed by atoms with Crippen LogP contribution in [0.25, 0.3) is 34.2 Å². The van der Waals surface area contributed by atoms with Crippen molar-refractivity contribution in [1.29, 1.82) is 0 Å². The Morgan fingerprint density at radius 1 is 0.633 bits per heavy atom. The van der Waals surface area contributed by atoms with Crippen LogP contribution >= 0.6 is 0 Å². The van der Waals surface area contributed by atoms with Crippen molar-refractivity contribution in [3.63, 3.8) is 0 Å². The fourth-order valence-corrected chi connectivity index (χ4v) is 4.12. The second kappa shape index (κ2) is 8.10. The number of fused-ring (bicyclic) bond motifs is 2. The van der Waals surface area contributed by atoms with Gasteiger partial charge in [0, 0.05) is 13.1 Å². The number of benzene rings is 2. The molecule has 156 valence electrons. The van der Waals surface area contributed by atoms with Crippen molar-refractivity contribution >= 4 is 34.2 Å². The fourth-order valence-electron chi connectivity index (χ4n) is 4.12. The van der Waals surface area contributed by atoms with Crippen LogP contribution in [0.5, 0.6) is 0 Å². The second-order valence-corrected chi connectivity index (χ2v) is 8.43. The van der Waals surface area contributed by atoms with Gasteiger partial charge in [0.2, 0.25) is 0 Å². The summed E-state index contributed by atoms with van der Waals surface area (Å²) in [5.74, 6) is 2.00. The zero-order chi connectivity index (χ0) is 21.4. The van der Waals surface area contributed by atoms with Crippen molar-refractivity contribution in [1.82, 2.24) is 19.1 Å². The predicted molar refractivity (Wildman–Crippen MR) is 128 cm³/mol. The summed E-state index contributed by atoms with van der Waals surface area (Å²) in [6.45, 7) is 15.0. The Morgan fingerprint density at radius 2 is 1.00 bits per heavy atom. The van der Waals surface area contributed by atoms with Crippen molar-refractivity contribution < 1.29 is 0 Å². The molecule has 0 N–H and O–H groups in total. The Balaban J connectivity index is 1.83. The van der Waals surface area contributed by atoms with Gasteiger partial charge in [-0.3, -0.25) is 0 Å². The summed E-state index contributed by atoms with van der Waals surface area (Å²) in [5.41, 5.74) is 9.76. The van der Waals surface area contributed by atoms with Crippen molar-refractivity contribution in [2.45, 2.75) is 67.5 Å². The summed E-state index contributed by atoms with van der Waals surface area (Å²) in [6, 6.07) is 8.93. The highest BCUT2D eigenvalue weighted by molar-refractivity contribution is 5.83. The van der Waals surface area contributed by atoms with Crippen LogP contribution in [-0.2, 0) is 13.1 Å². The Labute approximate surface area is 179 Å². The van der Waals surface area contributed by atoms with E-state index in [-0.39, 0.29) is 0 Å². The van der Waals surface area contributed by atoms with Crippen LogP contribution in [0.2, 0.25) is 0 Å². The first-order chi connectivity index (χ1) is 14.4. The van der Waals surface area contributed by atoms with Crippen LogP contribution < -0.4 is 0 Å². The molecule has 4 aromatic rings. The van der Waals surface area contributed by atoms with Crippen molar-refractivity contribution in [2.75, 3.05) is 0 Å². The highest BCUT2D eigenvalue weighted by atomic mass is 15.1. The minimum Gasteiger partial charge on any atom is -0.324 e. The topological polar surface area (TPSA) is 35.6 Å². The van der Waals surface area contributed by atoms with Crippen LogP contribution in [0.3, 0.4) is 0 Å². The van der Waals surface area contributed by atoms with Crippen molar-refractivity contribution in [3.8, 4) is 0 Å². The molecule has 4 rings (SSSR count). The number of aromatic nitrogens is 4. The number of rotatable bonds is 6. The number of hydrogen-bond donors (Lipinski definition) is 0. The monoisotopic (exact) mass is 400 g/mol. The number of aryl methyl sites for hydroxylation is 6. The molecule has 30 heavy (non-hydrogen) atoms. The average molecular weight is 401 g/mol. The lowest BCUT2D eigenvalue weighted by Gasteiger charge is -2.07. The Bertz CT molecular complexity index is 1160. The third-order valence-corrected chi connectivity index (χ3v) is 6.06. The molecule has 0 aliphatic rings. The number of hydrogen-bond acceptors (Lipinski definition) is 2. The molecule has 0 saturated heterocycles. The van der Waals surface area contributed by atoms with Gasteiger partial charge in [0.05, 0.1) is 22.1 Å². The second-order valence-electron chi connectivity index (χ2n) is 8.43. The molecule has 4 heteroatoms. The number of nitrogens with zero attached hydrogens (tertiary/aromatic N) is 4. The maximum atomic E-state index is 4.95. The van der Waals surface area contributed by atoms with Crippen LogP contribution in [0.4, 0.5) is 0 Å². The standard InChI is InChI=1S/C26H32N4/c1-7-11-29-23-15-19(5)17(3)13-21(23)27-25(29)9-10-26-28-22-14-18(4)20(6)16-24(22)30(26)12-8-2/h9-10,13-16H,7-8,11-12H2,1-6H3/b10-9+. The summed E-state index contributed by atoms with van der Waals surface area (Å²) in [5, 5.41) is 0. The van der Waals surface area contributed by atoms with E-state index in [1.54, 1.807) is 0 Å². The fraction of sp³-hybridized carbons (Fsp3) is 0.385. The van der Waals surface area contributed by atoms with Gasteiger partial charge in [0.25, 0.3) is 0 Å². The van der Waals surface area contributed by atoms with Gasteiger partial charge in [0.1, 0.15) is 11.6 Å². The average Bonchev–Trinajstić information content (AvgIpc) is 3.20. The van der Waals surface area contributed by atoms with E-state index in [0.717, 1.165) is 48.6 Å². The lowest BCUT2D eigenvalue weighted by molar-refractivity contribution is 0.688. The minimum absolute atomic E-state index is 0.961. The van der Waals surface area contributed by atoms with Gasteiger partial charge >= 0.3 is 0 Å². The smallest absolute Gasteiger partial charge is 0.133 e. The lowest BCUT2D eigenvalue weighted by Crippen LogP contribution is -2.01. The molecule has 0 fully saturated rings. The molecule has 4 nitrogen and oxygen atoms in total. The molecule has 0 bridgehead atoms. The zero-order valence-electron chi connectivity index (χ0n) is 19.1. The summed E-state index contributed by atoms with van der Waals surface area (Å²) in [7, 11) is 0. The van der Waals surface area contributed by atoms with Gasteiger partial charge in [-0.2, -0.15) is 0 Å². The molecular formula is C26H32N4. The van der Waals surface area contributed by atoms with Crippen LogP contribution in [0, 0.1) is 27.7 Å². The molecule has 2 heterocycles. The molecular weight excluding hydrogens is 368 g/mol. The van der Waals surface area contributed by atoms with E-state index in [1.165, 1.54) is 33.3 Å². The Kier molecular flexibility index (Phi) is 5.50. The van der Waals surface area contributed by atoms with E-state index in [9.17, 15) is 0 Å². The molecule has 2 aromatic heterocycles. The summed E-state index contributed by atoms with van der Waals surface area (Å²) in [4.78, 5) is 9.89. The van der Waals surface area contributed by atoms with Crippen LogP contribution in [-0.4, -0.2) is 19.1 Å². The minimum atomic E-state index is 0.961. The van der Waals surface area contributed by atoms with E-state index in [0.29, 0.717) is 0 Å². The van der Waals surface area contributed by atoms with Gasteiger partial charge in [-0.15, -0.1) is 0 Å². The van der Waals surface area contributed by atoms with E-state index < -0.39 is 0 Å². The molecule has 0 spiro atoms. The molecule has 0 aliphatic heterocycles. The van der Waals surface area contributed by atoms with Crippen molar-refractivity contribution in [3.05, 3.63) is 58.2 Å². The van der Waals surface area contributed by atoms with Crippen LogP contribution in [0.15, 0.2) is 24.3 Å². The zero-order valence-corrected chi connectivity index (χ0v) is 19.1. The van der Waals surface area contributed by atoms with Crippen molar-refractivity contribution in [2.24, 2.45) is 0 Å². The van der Waals surface area contributed by atoms with Gasteiger partial charge < -0.3 is 9.13 Å². The largest absolute Gasteiger partial charge is 0.324 e. The SMILES string of the molecule is CCCn1c(/C=C/c2nc3cc(C)c(C)cc3n2CCC)nc2cc(C)c(C)cc21. The molecule has 0 radical (unpaired) electrons. The Morgan fingerprint density at radius 3 is 1.37 bits per heavy atom. The predicted octanol–water partition coefficient (Wildman–Crippen LogP) is 6.61. The lowest BCUT2D eigenvalue weighted by atomic mass is 10.1. The third kappa shape index (κ3) is 3.55. The first-order valence-corrected chi connectivity index (χ1v) is 11.1. The summed E-state index contributed by atoms with van der Waals surface area (Å²) in [6.07, 6.45) is 6.42. The Hall–Kier alpha value is -2.88. The first kappa shape index (κ1) is 20.4. The number of imidazole rings is 2. The maximum Gasteiger partial charge on any atom is 0.133 e. The van der Waals surface area contributed by atoms with Crippen LogP contribution in [0.1, 0.15) is 60.6 Å².